The molecule has 23 heavy (non-hydrogen) atoms. The maximum Gasteiger partial charge on any atom is 0.260 e. The Morgan fingerprint density at radius 3 is 2.61 bits per heavy atom. The third kappa shape index (κ3) is 2.72. The zero-order valence-corrected chi connectivity index (χ0v) is 13.0. The molecule has 0 bridgehead atoms. The summed E-state index contributed by atoms with van der Waals surface area (Å²) in [5.41, 5.74) is 0.866. The molecule has 1 aromatic carbocycles. The lowest BCUT2D eigenvalue weighted by Gasteiger charge is -2.06. The number of para-hydroxylation sites is 1. The Kier molecular flexibility index (Phi) is 3.92. The molecule has 0 aliphatic rings. The van der Waals surface area contributed by atoms with Crippen LogP contribution in [0.2, 0.25) is 5.02 Å². The fourth-order valence-corrected chi connectivity index (χ4v) is 2.49. The van der Waals surface area contributed by atoms with E-state index in [9.17, 15) is 10.1 Å². The molecule has 2 aromatic heterocycles. The molecule has 3 rings (SSSR count). The van der Waals surface area contributed by atoms with Gasteiger partial charge in [0.2, 0.25) is 5.88 Å². The molecule has 0 fully saturated rings. The molecule has 0 saturated carbocycles. The zero-order chi connectivity index (χ0) is 16.4. The molecule has 1 N–H and O–H groups in total. The summed E-state index contributed by atoms with van der Waals surface area (Å²) in [7, 11) is 0. The molecule has 0 radical (unpaired) electrons. The van der Waals surface area contributed by atoms with E-state index in [1.165, 1.54) is 0 Å². The largest absolute Gasteiger partial charge is 0.443 e. The van der Waals surface area contributed by atoms with E-state index in [2.05, 4.69) is 5.32 Å². The number of hydrogen-bond acceptors (Lipinski definition) is 3. The molecule has 114 valence electrons. The van der Waals surface area contributed by atoms with Crippen LogP contribution in [0.1, 0.15) is 21.7 Å². The van der Waals surface area contributed by atoms with Crippen molar-refractivity contribution in [3.05, 3.63) is 70.7 Å². The number of furan rings is 1. The van der Waals surface area contributed by atoms with Crippen molar-refractivity contribution in [2.75, 3.05) is 5.32 Å². The van der Waals surface area contributed by atoms with Crippen molar-refractivity contribution in [1.29, 1.82) is 5.26 Å². The summed E-state index contributed by atoms with van der Waals surface area (Å²) in [4.78, 5) is 12.6. The van der Waals surface area contributed by atoms with Crippen molar-refractivity contribution in [2.24, 2.45) is 0 Å². The lowest BCUT2D eigenvalue weighted by molar-refractivity contribution is 0.102. The SMILES string of the molecule is Cc1oc(-n2cccc2)c(C#N)c1C(=O)Nc1ccccc1Cl. The van der Waals surface area contributed by atoms with Crippen molar-refractivity contribution in [3.63, 3.8) is 0 Å². The third-order valence-electron chi connectivity index (χ3n) is 3.37. The minimum atomic E-state index is -0.436. The second-order valence-corrected chi connectivity index (χ2v) is 5.26. The van der Waals surface area contributed by atoms with Gasteiger partial charge in [0.1, 0.15) is 23.0 Å². The van der Waals surface area contributed by atoms with E-state index in [0.717, 1.165) is 0 Å². The number of benzene rings is 1. The molecule has 0 aliphatic heterocycles. The van der Waals surface area contributed by atoms with E-state index in [-0.39, 0.29) is 11.1 Å². The molecular weight excluding hydrogens is 314 g/mol. The van der Waals surface area contributed by atoms with Crippen LogP contribution in [0.3, 0.4) is 0 Å². The highest BCUT2D eigenvalue weighted by molar-refractivity contribution is 6.34. The number of halogens is 1. The molecule has 0 spiro atoms. The highest BCUT2D eigenvalue weighted by Gasteiger charge is 2.24. The van der Waals surface area contributed by atoms with Gasteiger partial charge in [0.05, 0.1) is 10.7 Å². The number of rotatable bonds is 3. The summed E-state index contributed by atoms with van der Waals surface area (Å²) in [6.45, 7) is 1.65. The van der Waals surface area contributed by atoms with Crippen LogP contribution in [-0.2, 0) is 0 Å². The topological polar surface area (TPSA) is 71.0 Å². The lowest BCUT2D eigenvalue weighted by atomic mass is 10.1. The van der Waals surface area contributed by atoms with Crippen molar-refractivity contribution in [2.45, 2.75) is 6.92 Å². The van der Waals surface area contributed by atoms with E-state index in [1.54, 1.807) is 48.1 Å². The van der Waals surface area contributed by atoms with Gasteiger partial charge in [0.25, 0.3) is 5.91 Å². The Morgan fingerprint density at radius 2 is 1.96 bits per heavy atom. The Hall–Kier alpha value is -2.97. The number of aryl methyl sites for hydroxylation is 1. The number of aromatic nitrogens is 1. The van der Waals surface area contributed by atoms with Crippen molar-refractivity contribution >= 4 is 23.2 Å². The van der Waals surface area contributed by atoms with Gasteiger partial charge in [-0.15, -0.1) is 0 Å². The van der Waals surface area contributed by atoms with Gasteiger partial charge in [-0.2, -0.15) is 5.26 Å². The van der Waals surface area contributed by atoms with E-state index in [4.69, 9.17) is 16.0 Å². The number of amides is 1. The van der Waals surface area contributed by atoms with E-state index in [1.807, 2.05) is 18.2 Å². The summed E-state index contributed by atoms with van der Waals surface area (Å²) in [6, 6.07) is 12.6. The maximum atomic E-state index is 12.6. The quantitative estimate of drug-likeness (QED) is 0.786. The normalized spacial score (nSPS) is 10.3. The Bertz CT molecular complexity index is 905. The number of carbonyl (C=O) groups is 1. The molecule has 0 atom stereocenters. The molecule has 1 amide bonds. The first-order chi connectivity index (χ1) is 11.1. The number of carbonyl (C=O) groups excluding carboxylic acids is 1. The fraction of sp³-hybridized carbons (Fsp3) is 0.0588. The number of nitriles is 1. The average molecular weight is 326 g/mol. The Balaban J connectivity index is 2.02. The summed E-state index contributed by atoms with van der Waals surface area (Å²) in [5, 5.41) is 12.6. The minimum Gasteiger partial charge on any atom is -0.443 e. The van der Waals surface area contributed by atoms with Crippen LogP contribution in [0.15, 0.2) is 53.2 Å². The number of anilines is 1. The van der Waals surface area contributed by atoms with Crippen LogP contribution >= 0.6 is 11.6 Å². The van der Waals surface area contributed by atoms with Gasteiger partial charge in [0, 0.05) is 12.4 Å². The van der Waals surface area contributed by atoms with E-state index >= 15 is 0 Å². The molecule has 3 aromatic rings. The van der Waals surface area contributed by atoms with Crippen LogP contribution in [0.4, 0.5) is 5.69 Å². The molecular formula is C17H12ClN3O2. The second kappa shape index (κ2) is 6.03. The lowest BCUT2D eigenvalue weighted by Crippen LogP contribution is -2.14. The van der Waals surface area contributed by atoms with Crippen molar-refractivity contribution in [1.82, 2.24) is 4.57 Å². The Morgan fingerprint density at radius 1 is 1.26 bits per heavy atom. The van der Waals surface area contributed by atoms with Crippen molar-refractivity contribution < 1.29 is 9.21 Å². The first-order valence-electron chi connectivity index (χ1n) is 6.84. The van der Waals surface area contributed by atoms with Gasteiger partial charge < -0.3 is 9.73 Å². The molecule has 6 heteroatoms. The monoisotopic (exact) mass is 325 g/mol. The highest BCUT2D eigenvalue weighted by Crippen LogP contribution is 2.27. The van der Waals surface area contributed by atoms with Gasteiger partial charge >= 0.3 is 0 Å². The standard InChI is InChI=1S/C17H12ClN3O2/c1-11-15(16(22)20-14-7-3-2-6-13(14)18)12(10-19)17(23-11)21-8-4-5-9-21/h2-9H,1H3,(H,20,22). The summed E-state index contributed by atoms with van der Waals surface area (Å²) < 4.78 is 7.27. The van der Waals surface area contributed by atoms with Gasteiger partial charge in [-0.1, -0.05) is 23.7 Å². The molecule has 2 heterocycles. The molecule has 0 aliphatic carbocycles. The summed E-state index contributed by atoms with van der Waals surface area (Å²) >= 11 is 6.05. The van der Waals surface area contributed by atoms with Gasteiger partial charge in [-0.25, -0.2) is 0 Å². The highest BCUT2D eigenvalue weighted by atomic mass is 35.5. The first kappa shape index (κ1) is 14.9. The van der Waals surface area contributed by atoms with Gasteiger partial charge in [0.15, 0.2) is 0 Å². The number of nitrogens with zero attached hydrogens (tertiary/aromatic N) is 2. The van der Waals surface area contributed by atoms with Crippen LogP contribution in [0.25, 0.3) is 5.88 Å². The molecule has 0 unspecified atom stereocenters. The predicted molar refractivity (Wildman–Crippen MR) is 86.9 cm³/mol. The zero-order valence-electron chi connectivity index (χ0n) is 12.2. The maximum absolute atomic E-state index is 12.6. The smallest absolute Gasteiger partial charge is 0.260 e. The third-order valence-corrected chi connectivity index (χ3v) is 3.70. The van der Waals surface area contributed by atoms with Crippen LogP contribution in [0, 0.1) is 18.3 Å². The number of hydrogen-bond donors (Lipinski definition) is 1. The van der Waals surface area contributed by atoms with E-state index in [0.29, 0.717) is 22.4 Å². The van der Waals surface area contributed by atoms with Crippen LogP contribution < -0.4 is 5.32 Å². The predicted octanol–water partition coefficient (Wildman–Crippen LogP) is 4.16. The summed E-state index contributed by atoms with van der Waals surface area (Å²) in [6.07, 6.45) is 3.49. The van der Waals surface area contributed by atoms with Crippen LogP contribution in [0.5, 0.6) is 0 Å². The minimum absolute atomic E-state index is 0.184. The second-order valence-electron chi connectivity index (χ2n) is 4.85. The molecule has 0 saturated heterocycles. The molecule has 5 nitrogen and oxygen atoms in total. The van der Waals surface area contributed by atoms with Crippen LogP contribution in [-0.4, -0.2) is 10.5 Å². The first-order valence-corrected chi connectivity index (χ1v) is 7.22. The summed E-state index contributed by atoms with van der Waals surface area (Å²) in [5.74, 6) is 0.253. The van der Waals surface area contributed by atoms with E-state index < -0.39 is 5.91 Å². The van der Waals surface area contributed by atoms with Crippen molar-refractivity contribution in [3.8, 4) is 12.0 Å². The van der Waals surface area contributed by atoms with Gasteiger partial charge in [-0.3, -0.25) is 9.36 Å². The number of nitrogens with one attached hydrogen (secondary N) is 1. The average Bonchev–Trinajstić information content (AvgIpc) is 3.16. The Labute approximate surface area is 137 Å². The fourth-order valence-electron chi connectivity index (χ4n) is 2.31. The van der Waals surface area contributed by atoms with Gasteiger partial charge in [-0.05, 0) is 31.2 Å².